The number of anilines is 3. The molecule has 1 atom stereocenters. The molecule has 3 aromatic carbocycles. The second-order valence-electron chi connectivity index (χ2n) is 7.02. The lowest BCUT2D eigenvalue weighted by Gasteiger charge is -2.25. The minimum atomic E-state index is -0.422. The average molecular weight is 401 g/mol. The second kappa shape index (κ2) is 9.24. The van der Waals surface area contributed by atoms with Crippen LogP contribution in [0.25, 0.3) is 0 Å². The Morgan fingerprint density at radius 2 is 1.53 bits per heavy atom. The van der Waals surface area contributed by atoms with Gasteiger partial charge < -0.3 is 10.1 Å². The van der Waals surface area contributed by atoms with Gasteiger partial charge in [-0.15, -0.1) is 0 Å². The molecule has 1 unspecified atom stereocenters. The molecule has 0 saturated carbocycles. The van der Waals surface area contributed by atoms with E-state index in [0.717, 1.165) is 24.2 Å². The molecule has 2 amide bonds. The number of hydrogen-bond donors (Lipinski definition) is 2. The molecule has 1 saturated heterocycles. The number of hydrazine groups is 1. The third-order valence-corrected chi connectivity index (χ3v) is 4.86. The molecule has 4 rings (SSSR count). The number of nitrogens with one attached hydrogen (secondary N) is 2. The Bertz CT molecular complexity index is 963. The smallest absolute Gasteiger partial charge is 0.270 e. The summed E-state index contributed by atoms with van der Waals surface area (Å²) in [6.07, 6.45) is 1.18. The number of carbonyl (C=O) groups excluding carboxylic acids is 2. The van der Waals surface area contributed by atoms with Crippen LogP contribution in [-0.2, 0) is 9.53 Å². The van der Waals surface area contributed by atoms with E-state index in [2.05, 4.69) is 10.7 Å². The maximum absolute atomic E-state index is 13.0. The summed E-state index contributed by atoms with van der Waals surface area (Å²) < 4.78 is 5.42. The minimum absolute atomic E-state index is 0.180. The Morgan fingerprint density at radius 3 is 2.13 bits per heavy atom. The third-order valence-electron chi connectivity index (χ3n) is 4.86. The van der Waals surface area contributed by atoms with Gasteiger partial charge in [0.25, 0.3) is 11.8 Å². The molecule has 0 radical (unpaired) electrons. The van der Waals surface area contributed by atoms with Crippen molar-refractivity contribution in [2.24, 2.45) is 0 Å². The molecule has 1 fully saturated rings. The van der Waals surface area contributed by atoms with Crippen molar-refractivity contribution in [3.05, 3.63) is 90.5 Å². The van der Waals surface area contributed by atoms with Gasteiger partial charge in [0.05, 0.1) is 11.4 Å². The Balaban J connectivity index is 1.52. The summed E-state index contributed by atoms with van der Waals surface area (Å²) in [6.45, 7) is 0.606. The van der Waals surface area contributed by atoms with E-state index in [0.29, 0.717) is 17.9 Å². The van der Waals surface area contributed by atoms with Crippen LogP contribution < -0.4 is 15.8 Å². The standard InChI is InChI=1S/C24H23N3O3/c28-23(18-9-7-10-19(17-18)25-24(29)22-15-8-16-30-22)26-27(20-11-3-1-4-12-20)21-13-5-2-6-14-21/h1-7,9-14,17,22H,8,15-16H2,(H,25,29)(H,26,28). The SMILES string of the molecule is O=C(NN(c1ccccc1)c1ccccc1)c1cccc(NC(=O)C2CCCO2)c1. The quantitative estimate of drug-likeness (QED) is 0.605. The number of hydrogen-bond acceptors (Lipinski definition) is 4. The monoisotopic (exact) mass is 401 g/mol. The molecule has 1 aliphatic rings. The summed E-state index contributed by atoms with van der Waals surface area (Å²) in [4.78, 5) is 25.3. The lowest BCUT2D eigenvalue weighted by molar-refractivity contribution is -0.124. The van der Waals surface area contributed by atoms with Gasteiger partial charge in [-0.05, 0) is 55.3 Å². The van der Waals surface area contributed by atoms with Gasteiger partial charge in [-0.25, -0.2) is 0 Å². The van der Waals surface area contributed by atoms with Crippen LogP contribution in [0.2, 0.25) is 0 Å². The highest BCUT2D eigenvalue weighted by Crippen LogP contribution is 2.23. The third kappa shape index (κ3) is 4.67. The largest absolute Gasteiger partial charge is 0.368 e. The van der Waals surface area contributed by atoms with Crippen LogP contribution in [0, 0.1) is 0 Å². The molecular weight excluding hydrogens is 378 g/mol. The maximum atomic E-state index is 13.0. The highest BCUT2D eigenvalue weighted by atomic mass is 16.5. The van der Waals surface area contributed by atoms with Gasteiger partial charge in [0.1, 0.15) is 6.10 Å². The molecule has 1 aliphatic heterocycles. The zero-order valence-corrected chi connectivity index (χ0v) is 16.5. The molecule has 3 aromatic rings. The van der Waals surface area contributed by atoms with Crippen molar-refractivity contribution in [2.45, 2.75) is 18.9 Å². The summed E-state index contributed by atoms with van der Waals surface area (Å²) in [6, 6.07) is 26.1. The lowest BCUT2D eigenvalue weighted by atomic mass is 10.1. The van der Waals surface area contributed by atoms with Crippen LogP contribution in [0.5, 0.6) is 0 Å². The number of amides is 2. The topological polar surface area (TPSA) is 70.7 Å². The summed E-state index contributed by atoms with van der Waals surface area (Å²) in [7, 11) is 0. The van der Waals surface area contributed by atoms with Gasteiger partial charge in [-0.2, -0.15) is 0 Å². The maximum Gasteiger partial charge on any atom is 0.270 e. The van der Waals surface area contributed by atoms with Crippen molar-refractivity contribution in [3.63, 3.8) is 0 Å². The summed E-state index contributed by atoms with van der Waals surface area (Å²) >= 11 is 0. The molecule has 152 valence electrons. The molecule has 30 heavy (non-hydrogen) atoms. The predicted molar refractivity (Wildman–Crippen MR) is 117 cm³/mol. The fourth-order valence-electron chi connectivity index (χ4n) is 3.34. The predicted octanol–water partition coefficient (Wildman–Crippen LogP) is 4.29. The van der Waals surface area contributed by atoms with E-state index in [1.807, 2.05) is 60.7 Å². The minimum Gasteiger partial charge on any atom is -0.368 e. The van der Waals surface area contributed by atoms with Gasteiger partial charge in [0, 0.05) is 17.9 Å². The molecule has 0 aromatic heterocycles. The first kappa shape index (κ1) is 19.7. The first-order valence-electron chi connectivity index (χ1n) is 9.94. The average Bonchev–Trinajstić information content (AvgIpc) is 3.34. The van der Waals surface area contributed by atoms with Crippen molar-refractivity contribution in [2.75, 3.05) is 16.9 Å². The van der Waals surface area contributed by atoms with Gasteiger partial charge in [-0.3, -0.25) is 20.0 Å². The molecule has 0 bridgehead atoms. The zero-order chi connectivity index (χ0) is 20.8. The van der Waals surface area contributed by atoms with E-state index in [1.54, 1.807) is 29.3 Å². The number of benzene rings is 3. The lowest BCUT2D eigenvalue weighted by Crippen LogP contribution is -2.39. The van der Waals surface area contributed by atoms with Gasteiger partial charge >= 0.3 is 0 Å². The van der Waals surface area contributed by atoms with Crippen LogP contribution in [-0.4, -0.2) is 24.5 Å². The Kier molecular flexibility index (Phi) is 6.06. The number of ether oxygens (including phenoxy) is 1. The van der Waals surface area contributed by atoms with E-state index in [9.17, 15) is 9.59 Å². The zero-order valence-electron chi connectivity index (χ0n) is 16.5. The summed E-state index contributed by atoms with van der Waals surface area (Å²) in [5, 5.41) is 4.57. The van der Waals surface area contributed by atoms with Crippen LogP contribution in [0.3, 0.4) is 0 Å². The van der Waals surface area contributed by atoms with Crippen molar-refractivity contribution in [1.82, 2.24) is 5.43 Å². The number of para-hydroxylation sites is 2. The van der Waals surface area contributed by atoms with E-state index < -0.39 is 6.10 Å². The molecule has 2 N–H and O–H groups in total. The van der Waals surface area contributed by atoms with E-state index >= 15 is 0 Å². The van der Waals surface area contributed by atoms with Crippen molar-refractivity contribution in [3.8, 4) is 0 Å². The Morgan fingerprint density at radius 1 is 0.867 bits per heavy atom. The molecular formula is C24H23N3O3. The number of rotatable bonds is 6. The molecule has 0 spiro atoms. The van der Waals surface area contributed by atoms with Crippen molar-refractivity contribution < 1.29 is 14.3 Å². The molecule has 6 nitrogen and oxygen atoms in total. The molecule has 1 heterocycles. The summed E-state index contributed by atoms with van der Waals surface area (Å²) in [5.74, 6) is -0.462. The van der Waals surface area contributed by atoms with Crippen LogP contribution in [0.15, 0.2) is 84.9 Å². The highest BCUT2D eigenvalue weighted by molar-refractivity contribution is 5.99. The fraction of sp³-hybridized carbons (Fsp3) is 0.167. The number of carbonyl (C=O) groups is 2. The van der Waals surface area contributed by atoms with Gasteiger partial charge in [0.15, 0.2) is 0 Å². The van der Waals surface area contributed by atoms with E-state index in [1.165, 1.54) is 0 Å². The van der Waals surface area contributed by atoms with Gasteiger partial charge in [-0.1, -0.05) is 42.5 Å². The Labute approximate surface area is 175 Å². The Hall–Kier alpha value is -3.64. The molecule has 0 aliphatic carbocycles. The number of nitrogens with zero attached hydrogens (tertiary/aromatic N) is 1. The fourth-order valence-corrected chi connectivity index (χ4v) is 3.34. The molecule has 6 heteroatoms. The van der Waals surface area contributed by atoms with Gasteiger partial charge in [0.2, 0.25) is 0 Å². The second-order valence-corrected chi connectivity index (χ2v) is 7.02. The van der Waals surface area contributed by atoms with E-state index in [-0.39, 0.29) is 11.8 Å². The van der Waals surface area contributed by atoms with Crippen molar-refractivity contribution >= 4 is 28.9 Å². The normalized spacial score (nSPS) is 15.4. The van der Waals surface area contributed by atoms with Crippen LogP contribution in [0.4, 0.5) is 17.1 Å². The van der Waals surface area contributed by atoms with E-state index in [4.69, 9.17) is 4.74 Å². The first-order valence-corrected chi connectivity index (χ1v) is 9.94. The van der Waals surface area contributed by atoms with Crippen LogP contribution >= 0.6 is 0 Å². The van der Waals surface area contributed by atoms with Crippen LogP contribution in [0.1, 0.15) is 23.2 Å². The highest BCUT2D eigenvalue weighted by Gasteiger charge is 2.23. The summed E-state index contributed by atoms with van der Waals surface area (Å²) in [5.41, 5.74) is 5.63. The first-order chi connectivity index (χ1) is 14.7. The van der Waals surface area contributed by atoms with Crippen molar-refractivity contribution in [1.29, 1.82) is 0 Å².